The van der Waals surface area contributed by atoms with Crippen molar-refractivity contribution in [1.82, 2.24) is 4.90 Å². The molecule has 0 N–H and O–H groups in total. The standard InChI is InChI=1S/C14H23NO4/c1-5-18-13(16)12(14(17)19-6-2)15-8-7-10(3)11(4)9-15/h12H,5-9H2,1-4H3. The number of hydrogen-bond acceptors (Lipinski definition) is 5. The Kier molecular flexibility index (Phi) is 6.02. The normalized spacial score (nSPS) is 16.7. The predicted octanol–water partition coefficient (Wildman–Crippen LogP) is 1.52. The third-order valence-electron chi connectivity index (χ3n) is 3.33. The molecule has 0 saturated carbocycles. The molecule has 0 aromatic rings. The Morgan fingerprint density at radius 3 is 2.05 bits per heavy atom. The highest BCUT2D eigenvalue weighted by Crippen LogP contribution is 2.20. The molecule has 1 aliphatic rings. The summed E-state index contributed by atoms with van der Waals surface area (Å²) < 4.78 is 9.98. The lowest BCUT2D eigenvalue weighted by Gasteiger charge is -2.32. The topological polar surface area (TPSA) is 55.8 Å². The molecular weight excluding hydrogens is 246 g/mol. The van der Waals surface area contributed by atoms with E-state index >= 15 is 0 Å². The number of carbonyl (C=O) groups excluding carboxylic acids is 2. The maximum Gasteiger partial charge on any atom is 0.335 e. The van der Waals surface area contributed by atoms with Gasteiger partial charge >= 0.3 is 11.9 Å². The molecule has 19 heavy (non-hydrogen) atoms. The number of hydrogen-bond donors (Lipinski definition) is 0. The summed E-state index contributed by atoms with van der Waals surface area (Å²) in [7, 11) is 0. The van der Waals surface area contributed by atoms with E-state index in [2.05, 4.69) is 6.92 Å². The van der Waals surface area contributed by atoms with E-state index in [1.165, 1.54) is 11.1 Å². The van der Waals surface area contributed by atoms with E-state index < -0.39 is 18.0 Å². The van der Waals surface area contributed by atoms with Crippen LogP contribution in [0.5, 0.6) is 0 Å². The van der Waals surface area contributed by atoms with Crippen molar-refractivity contribution in [2.24, 2.45) is 0 Å². The molecule has 0 saturated heterocycles. The lowest BCUT2D eigenvalue weighted by Crippen LogP contribution is -2.50. The van der Waals surface area contributed by atoms with Gasteiger partial charge in [-0.1, -0.05) is 11.1 Å². The molecule has 0 aromatic heterocycles. The third kappa shape index (κ3) is 4.06. The van der Waals surface area contributed by atoms with E-state index in [1.54, 1.807) is 13.8 Å². The first-order valence-electron chi connectivity index (χ1n) is 6.73. The Balaban J connectivity index is 2.85. The first-order chi connectivity index (χ1) is 9.01. The fourth-order valence-corrected chi connectivity index (χ4v) is 2.10. The minimum atomic E-state index is -0.942. The Hall–Kier alpha value is -1.36. The second-order valence-electron chi connectivity index (χ2n) is 4.69. The van der Waals surface area contributed by atoms with Gasteiger partial charge in [-0.15, -0.1) is 0 Å². The van der Waals surface area contributed by atoms with E-state index in [4.69, 9.17) is 9.47 Å². The average molecular weight is 269 g/mol. The summed E-state index contributed by atoms with van der Waals surface area (Å²) in [4.78, 5) is 25.8. The Morgan fingerprint density at radius 1 is 1.11 bits per heavy atom. The fourth-order valence-electron chi connectivity index (χ4n) is 2.10. The highest BCUT2D eigenvalue weighted by molar-refractivity contribution is 5.99. The predicted molar refractivity (Wildman–Crippen MR) is 71.6 cm³/mol. The molecule has 0 unspecified atom stereocenters. The summed E-state index contributed by atoms with van der Waals surface area (Å²) in [6.07, 6.45) is 0.862. The molecule has 5 nitrogen and oxygen atoms in total. The molecule has 0 atom stereocenters. The Bertz CT molecular complexity index is 358. The molecule has 0 fully saturated rings. The van der Waals surface area contributed by atoms with Gasteiger partial charge in [0.25, 0.3) is 0 Å². The number of esters is 2. The maximum atomic E-state index is 12.0. The number of rotatable bonds is 5. The van der Waals surface area contributed by atoms with Crippen molar-refractivity contribution in [2.75, 3.05) is 26.3 Å². The lowest BCUT2D eigenvalue weighted by molar-refractivity contribution is -0.163. The van der Waals surface area contributed by atoms with Gasteiger partial charge in [0, 0.05) is 13.1 Å². The summed E-state index contributed by atoms with van der Waals surface area (Å²) in [6, 6.07) is -0.942. The second kappa shape index (κ2) is 7.28. The minimum Gasteiger partial charge on any atom is -0.464 e. The highest BCUT2D eigenvalue weighted by Gasteiger charge is 2.36. The van der Waals surface area contributed by atoms with Crippen LogP contribution in [-0.4, -0.2) is 49.2 Å². The van der Waals surface area contributed by atoms with Crippen LogP contribution < -0.4 is 0 Å². The van der Waals surface area contributed by atoms with E-state index in [1.807, 2.05) is 11.8 Å². The van der Waals surface area contributed by atoms with Crippen LogP contribution >= 0.6 is 0 Å². The van der Waals surface area contributed by atoms with E-state index in [9.17, 15) is 9.59 Å². The van der Waals surface area contributed by atoms with Crippen LogP contribution in [-0.2, 0) is 19.1 Å². The van der Waals surface area contributed by atoms with Crippen molar-refractivity contribution in [2.45, 2.75) is 40.2 Å². The van der Waals surface area contributed by atoms with Crippen molar-refractivity contribution in [1.29, 1.82) is 0 Å². The van der Waals surface area contributed by atoms with Gasteiger partial charge in [0.15, 0.2) is 0 Å². The van der Waals surface area contributed by atoms with Gasteiger partial charge in [0.1, 0.15) is 0 Å². The van der Waals surface area contributed by atoms with Gasteiger partial charge < -0.3 is 9.47 Å². The Labute approximate surface area is 114 Å². The zero-order valence-electron chi connectivity index (χ0n) is 12.2. The first kappa shape index (κ1) is 15.7. The number of carbonyl (C=O) groups is 2. The van der Waals surface area contributed by atoms with Crippen LogP contribution in [0, 0.1) is 0 Å². The zero-order valence-corrected chi connectivity index (χ0v) is 12.2. The molecule has 0 radical (unpaired) electrons. The van der Waals surface area contributed by atoms with Gasteiger partial charge in [-0.3, -0.25) is 4.90 Å². The molecule has 1 heterocycles. The molecule has 1 rings (SSSR count). The largest absolute Gasteiger partial charge is 0.464 e. The summed E-state index contributed by atoms with van der Waals surface area (Å²) in [5, 5.41) is 0. The number of ether oxygens (including phenoxy) is 2. The molecule has 0 aliphatic carbocycles. The van der Waals surface area contributed by atoms with Crippen LogP contribution in [0.25, 0.3) is 0 Å². The SMILES string of the molecule is CCOC(=O)C(C(=O)OCC)N1CCC(C)=C(C)C1. The maximum absolute atomic E-state index is 12.0. The molecule has 0 spiro atoms. The quantitative estimate of drug-likeness (QED) is 0.430. The van der Waals surface area contributed by atoms with Gasteiger partial charge in [-0.25, -0.2) is 9.59 Å². The highest BCUT2D eigenvalue weighted by atomic mass is 16.6. The average Bonchev–Trinajstić information content (AvgIpc) is 2.34. The Morgan fingerprint density at radius 2 is 1.63 bits per heavy atom. The van der Waals surface area contributed by atoms with E-state index in [-0.39, 0.29) is 13.2 Å². The van der Waals surface area contributed by atoms with E-state index in [0.717, 1.165) is 6.42 Å². The molecule has 5 heteroatoms. The van der Waals surface area contributed by atoms with Gasteiger partial charge in [0.2, 0.25) is 6.04 Å². The lowest BCUT2D eigenvalue weighted by atomic mass is 10.0. The molecule has 0 amide bonds. The van der Waals surface area contributed by atoms with E-state index in [0.29, 0.717) is 13.1 Å². The van der Waals surface area contributed by atoms with Crippen LogP contribution in [0.1, 0.15) is 34.1 Å². The molecule has 108 valence electrons. The van der Waals surface area contributed by atoms with Crippen molar-refractivity contribution in [3.63, 3.8) is 0 Å². The number of nitrogens with zero attached hydrogens (tertiary/aromatic N) is 1. The monoisotopic (exact) mass is 269 g/mol. The zero-order chi connectivity index (χ0) is 14.4. The van der Waals surface area contributed by atoms with Crippen LogP contribution in [0.4, 0.5) is 0 Å². The van der Waals surface area contributed by atoms with Gasteiger partial charge in [-0.2, -0.15) is 0 Å². The second-order valence-corrected chi connectivity index (χ2v) is 4.69. The van der Waals surface area contributed by atoms with Crippen LogP contribution in [0.3, 0.4) is 0 Å². The van der Waals surface area contributed by atoms with Crippen LogP contribution in [0.2, 0.25) is 0 Å². The van der Waals surface area contributed by atoms with Gasteiger partial charge in [0.05, 0.1) is 13.2 Å². The van der Waals surface area contributed by atoms with Crippen LogP contribution in [0.15, 0.2) is 11.1 Å². The van der Waals surface area contributed by atoms with Crippen molar-refractivity contribution in [3.8, 4) is 0 Å². The molecule has 0 bridgehead atoms. The summed E-state index contributed by atoms with van der Waals surface area (Å²) in [6.45, 7) is 9.36. The van der Waals surface area contributed by atoms with Crippen molar-refractivity contribution < 1.29 is 19.1 Å². The molecule has 1 aliphatic heterocycles. The minimum absolute atomic E-state index is 0.260. The summed E-state index contributed by atoms with van der Waals surface area (Å²) in [5.41, 5.74) is 2.52. The summed E-state index contributed by atoms with van der Waals surface area (Å²) in [5.74, 6) is -1.04. The fraction of sp³-hybridized carbons (Fsp3) is 0.714. The first-order valence-corrected chi connectivity index (χ1v) is 6.73. The smallest absolute Gasteiger partial charge is 0.335 e. The molecule has 0 aromatic carbocycles. The third-order valence-corrected chi connectivity index (χ3v) is 3.33. The van der Waals surface area contributed by atoms with Gasteiger partial charge in [-0.05, 0) is 34.1 Å². The van der Waals surface area contributed by atoms with Crippen molar-refractivity contribution >= 4 is 11.9 Å². The summed E-state index contributed by atoms with van der Waals surface area (Å²) >= 11 is 0. The molecular formula is C14H23NO4. The van der Waals surface area contributed by atoms with Crippen molar-refractivity contribution in [3.05, 3.63) is 11.1 Å².